The second-order valence-corrected chi connectivity index (χ2v) is 4.32. The summed E-state index contributed by atoms with van der Waals surface area (Å²) in [6.45, 7) is 4.39. The number of carbonyl (C=O) groups is 2. The lowest BCUT2D eigenvalue weighted by atomic mass is 9.94. The van der Waals surface area contributed by atoms with Crippen LogP contribution in [0, 0.1) is 0 Å². The molecule has 0 heterocycles. The van der Waals surface area contributed by atoms with Gasteiger partial charge in [-0.15, -0.1) is 0 Å². The fourth-order valence-corrected chi connectivity index (χ4v) is 2.12. The fourth-order valence-electron chi connectivity index (χ4n) is 2.12. The number of benzene rings is 1. The summed E-state index contributed by atoms with van der Waals surface area (Å²) in [6, 6.07) is 0. The molecule has 5 heteroatoms. The molecule has 0 radical (unpaired) electrons. The van der Waals surface area contributed by atoms with Crippen molar-refractivity contribution in [3.05, 3.63) is 16.7 Å². The quantitative estimate of drug-likeness (QED) is 0.800. The third-order valence-electron chi connectivity index (χ3n) is 2.91. The number of phenolic OH excluding ortho intramolecular Hbond substituents is 2. The molecule has 0 aliphatic rings. The first kappa shape index (κ1) is 15.0. The Balaban J connectivity index is 3.82. The zero-order valence-electron chi connectivity index (χ0n) is 11.5. The van der Waals surface area contributed by atoms with Gasteiger partial charge >= 0.3 is 0 Å². The number of carbonyl (C=O) groups excluding carboxylic acids is 2. The minimum atomic E-state index is -0.519. The number of ether oxygens (including phenoxy) is 1. The van der Waals surface area contributed by atoms with Crippen molar-refractivity contribution in [3.63, 3.8) is 0 Å². The molecule has 0 amide bonds. The number of phenols is 2. The van der Waals surface area contributed by atoms with E-state index in [1.54, 1.807) is 0 Å². The minimum Gasteiger partial charge on any atom is -0.507 e. The molecule has 0 unspecified atom stereocenters. The summed E-state index contributed by atoms with van der Waals surface area (Å²) >= 11 is 0. The van der Waals surface area contributed by atoms with E-state index in [1.807, 2.05) is 6.92 Å². The highest BCUT2D eigenvalue weighted by atomic mass is 16.5. The molecule has 1 aromatic rings. The Labute approximate surface area is 111 Å². The molecule has 0 aliphatic carbocycles. The Morgan fingerprint density at radius 2 is 1.58 bits per heavy atom. The molecule has 0 spiro atoms. The number of Topliss-reactive ketones (excluding diaryl/α,β-unsaturated/α-hetero) is 2. The van der Waals surface area contributed by atoms with Gasteiger partial charge in [0, 0.05) is 5.56 Å². The molecule has 0 aromatic heterocycles. The smallest absolute Gasteiger partial charge is 0.167 e. The molecule has 0 fully saturated rings. The van der Waals surface area contributed by atoms with Crippen LogP contribution < -0.4 is 4.74 Å². The van der Waals surface area contributed by atoms with E-state index in [-0.39, 0.29) is 22.6 Å². The van der Waals surface area contributed by atoms with E-state index in [1.165, 1.54) is 21.0 Å². The predicted octanol–water partition coefficient (Wildman–Crippen LogP) is 2.46. The van der Waals surface area contributed by atoms with E-state index >= 15 is 0 Å². The van der Waals surface area contributed by atoms with Crippen molar-refractivity contribution in [3.8, 4) is 17.2 Å². The molecule has 1 rings (SSSR count). The molecule has 1 aromatic carbocycles. The van der Waals surface area contributed by atoms with Crippen molar-refractivity contribution in [2.75, 3.05) is 7.11 Å². The van der Waals surface area contributed by atoms with E-state index in [0.717, 1.165) is 0 Å². The molecule has 0 atom stereocenters. The summed E-state index contributed by atoms with van der Waals surface area (Å²) in [7, 11) is 1.35. The molecule has 0 bridgehead atoms. The third-order valence-corrected chi connectivity index (χ3v) is 2.91. The van der Waals surface area contributed by atoms with Crippen LogP contribution in [0.3, 0.4) is 0 Å². The van der Waals surface area contributed by atoms with Gasteiger partial charge in [-0.05, 0) is 20.3 Å². The van der Waals surface area contributed by atoms with Crippen LogP contribution >= 0.6 is 0 Å². The van der Waals surface area contributed by atoms with Crippen LogP contribution in [0.25, 0.3) is 0 Å². The SMILES string of the molecule is CCCc1c(O)c(C(C)=O)c(O)c(C(C)=O)c1OC. The van der Waals surface area contributed by atoms with Gasteiger partial charge in [0.15, 0.2) is 11.6 Å². The van der Waals surface area contributed by atoms with Gasteiger partial charge in [0.25, 0.3) is 0 Å². The van der Waals surface area contributed by atoms with E-state index in [2.05, 4.69) is 0 Å². The second-order valence-electron chi connectivity index (χ2n) is 4.32. The van der Waals surface area contributed by atoms with Gasteiger partial charge in [0.2, 0.25) is 0 Å². The minimum absolute atomic E-state index is 0.0612. The molecular formula is C14H18O5. The van der Waals surface area contributed by atoms with Gasteiger partial charge < -0.3 is 14.9 Å². The second kappa shape index (κ2) is 5.73. The van der Waals surface area contributed by atoms with Crippen molar-refractivity contribution in [2.24, 2.45) is 0 Å². The van der Waals surface area contributed by atoms with Crippen molar-refractivity contribution in [2.45, 2.75) is 33.6 Å². The number of ketones is 2. The van der Waals surface area contributed by atoms with Crippen LogP contribution in [0.15, 0.2) is 0 Å². The maximum atomic E-state index is 11.7. The van der Waals surface area contributed by atoms with Crippen molar-refractivity contribution in [1.82, 2.24) is 0 Å². The van der Waals surface area contributed by atoms with Gasteiger partial charge in [-0.3, -0.25) is 9.59 Å². The van der Waals surface area contributed by atoms with Crippen LogP contribution in [0.4, 0.5) is 0 Å². The number of hydrogen-bond acceptors (Lipinski definition) is 5. The molecule has 2 N–H and O–H groups in total. The number of aromatic hydroxyl groups is 2. The van der Waals surface area contributed by atoms with Crippen LogP contribution in [0.1, 0.15) is 53.5 Å². The first-order chi connectivity index (χ1) is 8.86. The third kappa shape index (κ3) is 2.54. The predicted molar refractivity (Wildman–Crippen MR) is 70.3 cm³/mol. The molecule has 5 nitrogen and oxygen atoms in total. The molecule has 0 saturated heterocycles. The van der Waals surface area contributed by atoms with Crippen LogP contribution in [-0.2, 0) is 6.42 Å². The molecule has 19 heavy (non-hydrogen) atoms. The first-order valence-corrected chi connectivity index (χ1v) is 6.03. The Morgan fingerprint density at radius 3 is 1.95 bits per heavy atom. The van der Waals surface area contributed by atoms with Crippen molar-refractivity contribution in [1.29, 1.82) is 0 Å². The summed E-state index contributed by atoms with van der Waals surface area (Å²) in [6.07, 6.45) is 1.14. The maximum Gasteiger partial charge on any atom is 0.167 e. The summed E-state index contributed by atoms with van der Waals surface area (Å²) < 4.78 is 5.13. The Kier molecular flexibility index (Phi) is 4.53. The van der Waals surface area contributed by atoms with E-state index in [9.17, 15) is 19.8 Å². The molecule has 0 saturated carbocycles. The molecule has 0 aliphatic heterocycles. The summed E-state index contributed by atoms with van der Waals surface area (Å²) in [5, 5.41) is 20.2. The maximum absolute atomic E-state index is 11.7. The largest absolute Gasteiger partial charge is 0.507 e. The Bertz CT molecular complexity index is 531. The highest BCUT2D eigenvalue weighted by molar-refractivity contribution is 6.08. The van der Waals surface area contributed by atoms with Crippen LogP contribution in [0.5, 0.6) is 17.2 Å². The summed E-state index contributed by atoms with van der Waals surface area (Å²) in [5.74, 6) is -1.62. The number of methoxy groups -OCH3 is 1. The van der Waals surface area contributed by atoms with Gasteiger partial charge in [-0.1, -0.05) is 13.3 Å². The topological polar surface area (TPSA) is 83.8 Å². The average molecular weight is 266 g/mol. The monoisotopic (exact) mass is 266 g/mol. The lowest BCUT2D eigenvalue weighted by Gasteiger charge is -2.17. The van der Waals surface area contributed by atoms with E-state index in [0.29, 0.717) is 18.4 Å². The van der Waals surface area contributed by atoms with E-state index < -0.39 is 17.3 Å². The fraction of sp³-hybridized carbons (Fsp3) is 0.429. The zero-order valence-corrected chi connectivity index (χ0v) is 11.5. The molecule has 104 valence electrons. The number of hydrogen-bond donors (Lipinski definition) is 2. The highest BCUT2D eigenvalue weighted by Crippen LogP contribution is 2.43. The summed E-state index contributed by atoms with van der Waals surface area (Å²) in [4.78, 5) is 23.2. The van der Waals surface area contributed by atoms with Crippen LogP contribution in [-0.4, -0.2) is 28.9 Å². The Morgan fingerprint density at radius 1 is 1.05 bits per heavy atom. The number of rotatable bonds is 5. The van der Waals surface area contributed by atoms with Crippen molar-refractivity contribution < 1.29 is 24.5 Å². The van der Waals surface area contributed by atoms with Crippen LogP contribution in [0.2, 0.25) is 0 Å². The normalized spacial score (nSPS) is 10.3. The first-order valence-electron chi connectivity index (χ1n) is 6.03. The van der Waals surface area contributed by atoms with Gasteiger partial charge in [0.05, 0.1) is 7.11 Å². The zero-order chi connectivity index (χ0) is 14.7. The highest BCUT2D eigenvalue weighted by Gasteiger charge is 2.28. The Hall–Kier alpha value is -2.04. The van der Waals surface area contributed by atoms with Gasteiger partial charge in [-0.2, -0.15) is 0 Å². The lowest BCUT2D eigenvalue weighted by Crippen LogP contribution is -2.07. The van der Waals surface area contributed by atoms with Gasteiger partial charge in [-0.25, -0.2) is 0 Å². The molecular weight excluding hydrogens is 248 g/mol. The lowest BCUT2D eigenvalue weighted by molar-refractivity contribution is 0.101. The standard InChI is InChI=1S/C14H18O5/c1-5-6-9-12(17)10(7(2)15)13(18)11(8(3)16)14(9)19-4/h17-18H,5-6H2,1-4H3. The van der Waals surface area contributed by atoms with E-state index in [4.69, 9.17) is 4.74 Å². The average Bonchev–Trinajstić information content (AvgIpc) is 2.31. The summed E-state index contributed by atoms with van der Waals surface area (Å²) in [5.41, 5.74) is 0.0848. The van der Waals surface area contributed by atoms with Crippen molar-refractivity contribution >= 4 is 11.6 Å². The van der Waals surface area contributed by atoms with Gasteiger partial charge in [0.1, 0.15) is 28.4 Å².